The smallest absolute Gasteiger partial charge is 0.141 e. The van der Waals surface area contributed by atoms with Crippen LogP contribution in [0.5, 0.6) is 0 Å². The van der Waals surface area contributed by atoms with Gasteiger partial charge in [-0.2, -0.15) is 0 Å². The lowest BCUT2D eigenvalue weighted by Crippen LogP contribution is -2.29. The van der Waals surface area contributed by atoms with Crippen LogP contribution < -0.4 is 5.32 Å². The fourth-order valence-electron chi connectivity index (χ4n) is 3.94. The first-order valence-electron chi connectivity index (χ1n) is 10.5. The average molecular weight is 431 g/mol. The number of piperidine rings is 1. The van der Waals surface area contributed by atoms with Gasteiger partial charge in [-0.3, -0.25) is 0 Å². The summed E-state index contributed by atoms with van der Waals surface area (Å²) in [5.41, 5.74) is 2.83. The van der Waals surface area contributed by atoms with Gasteiger partial charge < -0.3 is 9.88 Å². The van der Waals surface area contributed by atoms with E-state index in [1.54, 1.807) is 23.9 Å². The van der Waals surface area contributed by atoms with Crippen LogP contribution in [0.4, 0.5) is 4.39 Å². The maximum absolute atomic E-state index is 13.4. The van der Waals surface area contributed by atoms with E-state index < -0.39 is 0 Å². The third kappa shape index (κ3) is 4.55. The fourth-order valence-corrected chi connectivity index (χ4v) is 4.78. The Morgan fingerprint density at radius 3 is 2.48 bits per heavy atom. The molecule has 1 aliphatic heterocycles. The Kier molecular flexibility index (Phi) is 5.82. The van der Waals surface area contributed by atoms with Crippen molar-refractivity contribution in [3.63, 3.8) is 0 Å². The molecule has 0 bridgehead atoms. The molecule has 2 aromatic carbocycles. The van der Waals surface area contributed by atoms with E-state index >= 15 is 0 Å². The second-order valence-electron chi connectivity index (χ2n) is 7.64. The molecule has 0 saturated carbocycles. The Bertz CT molecular complexity index is 1150. The lowest BCUT2D eigenvalue weighted by atomic mass is 10.1. The Morgan fingerprint density at radius 2 is 1.71 bits per heavy atom. The molecule has 3 heterocycles. The molecule has 31 heavy (non-hydrogen) atoms. The Balaban J connectivity index is 1.54. The van der Waals surface area contributed by atoms with E-state index in [-0.39, 0.29) is 5.82 Å². The molecule has 6 heteroatoms. The molecule has 0 unspecified atom stereocenters. The third-order valence-corrected chi connectivity index (χ3v) is 6.47. The van der Waals surface area contributed by atoms with E-state index in [0.29, 0.717) is 6.04 Å². The van der Waals surface area contributed by atoms with Crippen molar-refractivity contribution >= 4 is 11.8 Å². The zero-order valence-corrected chi connectivity index (χ0v) is 17.9. The van der Waals surface area contributed by atoms with Crippen LogP contribution in [0.2, 0.25) is 0 Å². The van der Waals surface area contributed by atoms with Crippen molar-refractivity contribution in [2.24, 2.45) is 0 Å². The number of pyridine rings is 1. The van der Waals surface area contributed by atoms with Crippen molar-refractivity contribution in [1.82, 2.24) is 19.9 Å². The number of rotatable bonds is 5. The monoisotopic (exact) mass is 430 g/mol. The van der Waals surface area contributed by atoms with Gasteiger partial charge in [-0.05, 0) is 74.5 Å². The second-order valence-corrected chi connectivity index (χ2v) is 8.74. The second kappa shape index (κ2) is 9.04. The first-order chi connectivity index (χ1) is 15.3. The SMILES string of the molecule is Fc1ccc(-c2cn(C3CCNCC3)c(-c3ccnc(Sc4ccccc4)c3)n2)cc1. The van der Waals surface area contributed by atoms with Gasteiger partial charge in [0.25, 0.3) is 0 Å². The molecule has 4 nitrogen and oxygen atoms in total. The molecule has 0 spiro atoms. The molecule has 1 N–H and O–H groups in total. The van der Waals surface area contributed by atoms with Crippen molar-refractivity contribution in [3.05, 3.63) is 84.9 Å². The first-order valence-corrected chi connectivity index (χ1v) is 11.3. The van der Waals surface area contributed by atoms with Crippen molar-refractivity contribution in [2.75, 3.05) is 13.1 Å². The van der Waals surface area contributed by atoms with Crippen molar-refractivity contribution in [2.45, 2.75) is 28.8 Å². The average Bonchev–Trinajstić information content (AvgIpc) is 3.27. The van der Waals surface area contributed by atoms with Gasteiger partial charge in [-0.25, -0.2) is 14.4 Å². The minimum absolute atomic E-state index is 0.238. The van der Waals surface area contributed by atoms with E-state index in [2.05, 4.69) is 39.3 Å². The molecular formula is C25H23FN4S. The number of aromatic nitrogens is 3. The molecule has 0 radical (unpaired) electrons. The largest absolute Gasteiger partial charge is 0.327 e. The minimum atomic E-state index is -0.238. The normalized spacial score (nSPS) is 14.6. The molecule has 2 aromatic heterocycles. The third-order valence-electron chi connectivity index (χ3n) is 5.53. The Hall–Kier alpha value is -2.96. The van der Waals surface area contributed by atoms with Crippen LogP contribution in [0.25, 0.3) is 22.6 Å². The molecule has 5 rings (SSSR count). The van der Waals surface area contributed by atoms with E-state index in [4.69, 9.17) is 4.98 Å². The summed E-state index contributed by atoms with van der Waals surface area (Å²) in [4.78, 5) is 10.7. The summed E-state index contributed by atoms with van der Waals surface area (Å²) in [6.07, 6.45) is 6.08. The first kappa shape index (κ1) is 20.0. The number of hydrogen-bond donors (Lipinski definition) is 1. The molecular weight excluding hydrogens is 407 g/mol. The molecule has 0 amide bonds. The van der Waals surface area contributed by atoms with Crippen LogP contribution in [0, 0.1) is 5.82 Å². The van der Waals surface area contributed by atoms with Crippen molar-refractivity contribution in [1.29, 1.82) is 0 Å². The van der Waals surface area contributed by atoms with Gasteiger partial charge in [-0.1, -0.05) is 30.0 Å². The van der Waals surface area contributed by atoms with Crippen molar-refractivity contribution in [3.8, 4) is 22.6 Å². The lowest BCUT2D eigenvalue weighted by Gasteiger charge is -2.25. The van der Waals surface area contributed by atoms with Gasteiger partial charge in [0.15, 0.2) is 0 Å². The highest BCUT2D eigenvalue weighted by Crippen LogP contribution is 2.33. The van der Waals surface area contributed by atoms with Gasteiger partial charge in [0.05, 0.1) is 5.69 Å². The highest BCUT2D eigenvalue weighted by atomic mass is 32.2. The number of halogens is 1. The fraction of sp³-hybridized carbons (Fsp3) is 0.200. The molecule has 0 aliphatic carbocycles. The topological polar surface area (TPSA) is 42.7 Å². The Morgan fingerprint density at radius 1 is 0.935 bits per heavy atom. The van der Waals surface area contributed by atoms with E-state index in [0.717, 1.165) is 58.5 Å². The standard InChI is InChI=1S/C25H23FN4S/c26-20-8-6-18(7-9-20)23-17-30(21-11-13-27-14-12-21)25(29-23)19-10-15-28-24(16-19)31-22-4-2-1-3-5-22/h1-10,15-17,21,27H,11-14H2. The summed E-state index contributed by atoms with van der Waals surface area (Å²) in [5.74, 6) is 0.696. The van der Waals surface area contributed by atoms with Crippen LogP contribution in [0.3, 0.4) is 0 Å². The number of hydrogen-bond acceptors (Lipinski definition) is 4. The van der Waals surface area contributed by atoms with Gasteiger partial charge in [0.1, 0.15) is 16.7 Å². The zero-order chi connectivity index (χ0) is 21.0. The van der Waals surface area contributed by atoms with E-state index in [1.165, 1.54) is 12.1 Å². The summed E-state index contributed by atoms with van der Waals surface area (Å²) >= 11 is 1.64. The highest BCUT2D eigenvalue weighted by Gasteiger charge is 2.21. The molecule has 1 fully saturated rings. The molecule has 156 valence electrons. The van der Waals surface area contributed by atoms with Crippen LogP contribution in [-0.2, 0) is 0 Å². The zero-order valence-electron chi connectivity index (χ0n) is 17.0. The van der Waals surface area contributed by atoms with Gasteiger partial charge in [0, 0.05) is 34.5 Å². The number of nitrogens with one attached hydrogen (secondary N) is 1. The number of imidazole rings is 1. The van der Waals surface area contributed by atoms with Crippen LogP contribution in [0.15, 0.2) is 89.0 Å². The highest BCUT2D eigenvalue weighted by molar-refractivity contribution is 7.99. The summed E-state index contributed by atoms with van der Waals surface area (Å²) < 4.78 is 15.7. The van der Waals surface area contributed by atoms with Gasteiger partial charge in [0.2, 0.25) is 0 Å². The van der Waals surface area contributed by atoms with Crippen molar-refractivity contribution < 1.29 is 4.39 Å². The molecule has 4 aromatic rings. The predicted molar refractivity (Wildman–Crippen MR) is 123 cm³/mol. The molecule has 1 aliphatic rings. The Labute approximate surface area is 185 Å². The summed E-state index contributed by atoms with van der Waals surface area (Å²) in [7, 11) is 0. The lowest BCUT2D eigenvalue weighted by molar-refractivity contribution is 0.370. The molecule has 0 atom stereocenters. The van der Waals surface area contributed by atoms with E-state index in [1.807, 2.05) is 30.5 Å². The predicted octanol–water partition coefficient (Wildman–Crippen LogP) is 5.83. The maximum Gasteiger partial charge on any atom is 0.141 e. The quantitative estimate of drug-likeness (QED) is 0.433. The van der Waals surface area contributed by atoms with Gasteiger partial charge in [-0.15, -0.1) is 0 Å². The molecule has 1 saturated heterocycles. The maximum atomic E-state index is 13.4. The van der Waals surface area contributed by atoms with Gasteiger partial charge >= 0.3 is 0 Å². The summed E-state index contributed by atoms with van der Waals surface area (Å²) in [6.45, 7) is 2.00. The van der Waals surface area contributed by atoms with Crippen LogP contribution in [-0.4, -0.2) is 27.6 Å². The summed E-state index contributed by atoms with van der Waals surface area (Å²) in [6, 6.07) is 21.3. The number of benzene rings is 2. The number of nitrogens with zero attached hydrogens (tertiary/aromatic N) is 3. The van der Waals surface area contributed by atoms with Crippen LogP contribution >= 0.6 is 11.8 Å². The van der Waals surface area contributed by atoms with E-state index in [9.17, 15) is 4.39 Å². The summed E-state index contributed by atoms with van der Waals surface area (Å²) in [5, 5.41) is 4.37. The minimum Gasteiger partial charge on any atom is -0.327 e. The van der Waals surface area contributed by atoms with Crippen LogP contribution in [0.1, 0.15) is 18.9 Å².